The average molecular weight is 346 g/mol. The van der Waals surface area contributed by atoms with Gasteiger partial charge < -0.3 is 10.2 Å². The van der Waals surface area contributed by atoms with Crippen LogP contribution in [0.2, 0.25) is 5.02 Å². The minimum Gasteiger partial charge on any atom is -0.365 e. The van der Waals surface area contributed by atoms with E-state index in [-0.39, 0.29) is 0 Å². The minimum atomic E-state index is 0.498. The topological polar surface area (TPSA) is 15.3 Å². The molecule has 0 radical (unpaired) electrons. The van der Waals surface area contributed by atoms with Gasteiger partial charge in [0.25, 0.3) is 0 Å². The first kappa shape index (κ1) is 15.1. The lowest BCUT2D eigenvalue weighted by atomic mass is 9.95. The first-order valence-electron chi connectivity index (χ1n) is 6.98. The first-order valence-corrected chi connectivity index (χ1v) is 8.15. The molecule has 1 aromatic rings. The summed E-state index contributed by atoms with van der Waals surface area (Å²) in [5.41, 5.74) is 1.24. The van der Waals surface area contributed by atoms with E-state index in [2.05, 4.69) is 53.0 Å². The molecule has 0 aromatic heterocycles. The fourth-order valence-corrected chi connectivity index (χ4v) is 3.51. The van der Waals surface area contributed by atoms with Crippen LogP contribution in [0.25, 0.3) is 0 Å². The second-order valence-electron chi connectivity index (χ2n) is 5.50. The number of rotatable bonds is 3. The number of benzene rings is 1. The molecule has 0 saturated carbocycles. The Morgan fingerprint density at radius 2 is 2.26 bits per heavy atom. The zero-order chi connectivity index (χ0) is 14.0. The maximum absolute atomic E-state index is 6.03. The van der Waals surface area contributed by atoms with Crippen molar-refractivity contribution in [2.45, 2.75) is 39.3 Å². The maximum Gasteiger partial charge on any atom is 0.0515 e. The molecule has 1 aromatic carbocycles. The van der Waals surface area contributed by atoms with Gasteiger partial charge in [0.15, 0.2) is 0 Å². The van der Waals surface area contributed by atoms with Gasteiger partial charge in [-0.2, -0.15) is 0 Å². The van der Waals surface area contributed by atoms with Crippen molar-refractivity contribution in [1.29, 1.82) is 0 Å². The van der Waals surface area contributed by atoms with E-state index in [4.69, 9.17) is 11.6 Å². The van der Waals surface area contributed by atoms with E-state index in [0.717, 1.165) is 22.6 Å². The highest BCUT2D eigenvalue weighted by Gasteiger charge is 2.28. The quantitative estimate of drug-likeness (QED) is 0.878. The van der Waals surface area contributed by atoms with Gasteiger partial charge in [-0.3, -0.25) is 0 Å². The van der Waals surface area contributed by atoms with Crippen LogP contribution in [0, 0.1) is 5.92 Å². The second-order valence-corrected chi connectivity index (χ2v) is 6.79. The highest BCUT2D eigenvalue weighted by Crippen LogP contribution is 2.32. The van der Waals surface area contributed by atoms with Crippen molar-refractivity contribution >= 4 is 33.2 Å². The molecule has 1 heterocycles. The molecule has 0 amide bonds. The average Bonchev–Trinajstić information content (AvgIpc) is 2.39. The van der Waals surface area contributed by atoms with Crippen LogP contribution in [-0.2, 0) is 0 Å². The van der Waals surface area contributed by atoms with E-state index in [1.54, 1.807) is 0 Å². The Kier molecular flexibility index (Phi) is 5.15. The van der Waals surface area contributed by atoms with Crippen LogP contribution < -0.4 is 10.2 Å². The van der Waals surface area contributed by atoms with Crippen molar-refractivity contribution < 1.29 is 0 Å². The van der Waals surface area contributed by atoms with Gasteiger partial charge in [0.05, 0.1) is 5.69 Å². The highest BCUT2D eigenvalue weighted by atomic mass is 79.9. The van der Waals surface area contributed by atoms with Crippen molar-refractivity contribution in [3.63, 3.8) is 0 Å². The summed E-state index contributed by atoms with van der Waals surface area (Å²) in [4.78, 5) is 2.48. The zero-order valence-corrected chi connectivity index (χ0v) is 14.1. The molecule has 0 spiro atoms. The van der Waals surface area contributed by atoms with Crippen molar-refractivity contribution in [3.05, 3.63) is 27.7 Å². The van der Waals surface area contributed by atoms with Crippen molar-refractivity contribution in [2.24, 2.45) is 5.92 Å². The molecule has 2 rings (SSSR count). The highest BCUT2D eigenvalue weighted by molar-refractivity contribution is 9.10. The largest absolute Gasteiger partial charge is 0.365 e. The molecule has 2 nitrogen and oxygen atoms in total. The SMILES string of the molecule is CCC(C)C1CN(c2ccc(Cl)cc2Br)C(C)CN1. The number of halogens is 2. The standard InChI is InChI=1S/C15H22BrClN2/c1-4-10(2)14-9-19(11(3)8-18-14)15-6-5-12(17)7-13(15)16/h5-7,10-11,14,18H,4,8-9H2,1-3H3. The van der Waals surface area contributed by atoms with Gasteiger partial charge in [-0.05, 0) is 47.0 Å². The van der Waals surface area contributed by atoms with Crippen LogP contribution in [0.4, 0.5) is 5.69 Å². The van der Waals surface area contributed by atoms with Crippen molar-refractivity contribution in [2.75, 3.05) is 18.0 Å². The molecule has 0 aliphatic carbocycles. The molecule has 0 bridgehead atoms. The van der Waals surface area contributed by atoms with Crippen LogP contribution in [0.3, 0.4) is 0 Å². The Bertz CT molecular complexity index is 438. The summed E-state index contributed by atoms with van der Waals surface area (Å²) in [6.07, 6.45) is 1.21. The van der Waals surface area contributed by atoms with Gasteiger partial charge >= 0.3 is 0 Å². The summed E-state index contributed by atoms with van der Waals surface area (Å²) in [5, 5.41) is 4.44. The summed E-state index contributed by atoms with van der Waals surface area (Å²) >= 11 is 9.67. The number of nitrogens with one attached hydrogen (secondary N) is 1. The number of hydrogen-bond acceptors (Lipinski definition) is 2. The van der Waals surface area contributed by atoms with E-state index in [1.807, 2.05) is 12.1 Å². The van der Waals surface area contributed by atoms with E-state index in [0.29, 0.717) is 18.0 Å². The Balaban J connectivity index is 2.21. The fraction of sp³-hybridized carbons (Fsp3) is 0.600. The van der Waals surface area contributed by atoms with E-state index >= 15 is 0 Å². The van der Waals surface area contributed by atoms with Crippen LogP contribution in [-0.4, -0.2) is 25.2 Å². The molecule has 3 atom stereocenters. The molecule has 4 heteroatoms. The summed E-state index contributed by atoms with van der Waals surface area (Å²) in [5.74, 6) is 0.695. The Morgan fingerprint density at radius 3 is 2.89 bits per heavy atom. The van der Waals surface area contributed by atoms with E-state index in [9.17, 15) is 0 Å². The first-order chi connectivity index (χ1) is 9.02. The lowest BCUT2D eigenvalue weighted by molar-refractivity contribution is 0.315. The number of hydrogen-bond donors (Lipinski definition) is 1. The van der Waals surface area contributed by atoms with Gasteiger partial charge in [-0.15, -0.1) is 0 Å². The Morgan fingerprint density at radius 1 is 1.53 bits per heavy atom. The third-order valence-corrected chi connectivity index (χ3v) is 5.02. The lowest BCUT2D eigenvalue weighted by Gasteiger charge is -2.42. The van der Waals surface area contributed by atoms with Gasteiger partial charge in [-0.25, -0.2) is 0 Å². The van der Waals surface area contributed by atoms with Crippen LogP contribution >= 0.6 is 27.5 Å². The smallest absolute Gasteiger partial charge is 0.0515 e. The second kappa shape index (κ2) is 6.47. The van der Waals surface area contributed by atoms with Crippen molar-refractivity contribution in [1.82, 2.24) is 5.32 Å². The van der Waals surface area contributed by atoms with Crippen LogP contribution in [0.15, 0.2) is 22.7 Å². The monoisotopic (exact) mass is 344 g/mol. The van der Waals surface area contributed by atoms with E-state index in [1.165, 1.54) is 12.1 Å². The number of piperazine rings is 1. The van der Waals surface area contributed by atoms with Crippen LogP contribution in [0.5, 0.6) is 0 Å². The minimum absolute atomic E-state index is 0.498. The molecule has 1 N–H and O–H groups in total. The van der Waals surface area contributed by atoms with Gasteiger partial charge in [0, 0.05) is 34.7 Å². The molecule has 1 aliphatic rings. The number of anilines is 1. The zero-order valence-electron chi connectivity index (χ0n) is 11.8. The predicted molar refractivity (Wildman–Crippen MR) is 87.2 cm³/mol. The molecular formula is C15H22BrClN2. The molecule has 1 saturated heterocycles. The lowest BCUT2D eigenvalue weighted by Crippen LogP contribution is -2.57. The summed E-state index contributed by atoms with van der Waals surface area (Å²) in [6.45, 7) is 8.93. The normalized spacial score (nSPS) is 25.4. The molecule has 106 valence electrons. The number of nitrogens with zero attached hydrogens (tertiary/aromatic N) is 1. The molecule has 1 aliphatic heterocycles. The molecular weight excluding hydrogens is 324 g/mol. The van der Waals surface area contributed by atoms with Gasteiger partial charge in [0.1, 0.15) is 0 Å². The summed E-state index contributed by atoms with van der Waals surface area (Å²) in [7, 11) is 0. The predicted octanol–water partition coefficient (Wildman–Crippen LogP) is 4.32. The molecule has 3 unspecified atom stereocenters. The molecule has 1 fully saturated rings. The molecule has 19 heavy (non-hydrogen) atoms. The van der Waals surface area contributed by atoms with Crippen LogP contribution in [0.1, 0.15) is 27.2 Å². The maximum atomic E-state index is 6.03. The Labute approximate surface area is 129 Å². The Hall–Kier alpha value is -0.250. The fourth-order valence-electron chi connectivity index (χ4n) is 2.60. The summed E-state index contributed by atoms with van der Waals surface area (Å²) in [6, 6.07) is 7.11. The van der Waals surface area contributed by atoms with Crippen molar-refractivity contribution in [3.8, 4) is 0 Å². The van der Waals surface area contributed by atoms with Gasteiger partial charge in [0.2, 0.25) is 0 Å². The third kappa shape index (κ3) is 3.45. The summed E-state index contributed by atoms with van der Waals surface area (Å²) < 4.78 is 1.08. The van der Waals surface area contributed by atoms with Gasteiger partial charge in [-0.1, -0.05) is 31.9 Å². The third-order valence-electron chi connectivity index (χ3n) is 4.15. The van der Waals surface area contributed by atoms with E-state index < -0.39 is 0 Å².